The van der Waals surface area contributed by atoms with E-state index in [2.05, 4.69) is 18.5 Å². The molecule has 1 fully saturated rings. The smallest absolute Gasteiger partial charge is 0.245 e. The number of nitrogens with one attached hydrogen (secondary N) is 1. The molecule has 1 N–H and O–H groups in total. The summed E-state index contributed by atoms with van der Waals surface area (Å²) in [5.41, 5.74) is 2.49. The second-order valence-electron chi connectivity index (χ2n) is 9.60. The summed E-state index contributed by atoms with van der Waals surface area (Å²) in [6, 6.07) is 7.35. The van der Waals surface area contributed by atoms with Gasteiger partial charge in [0, 0.05) is 18.5 Å². The van der Waals surface area contributed by atoms with Gasteiger partial charge >= 0.3 is 0 Å². The number of carbonyl (C=O) groups is 2. The van der Waals surface area contributed by atoms with Crippen molar-refractivity contribution in [1.29, 1.82) is 0 Å². The highest BCUT2D eigenvalue weighted by molar-refractivity contribution is 6.29. The maximum Gasteiger partial charge on any atom is 0.245 e. The van der Waals surface area contributed by atoms with Gasteiger partial charge in [-0.25, -0.2) is 0 Å². The van der Waals surface area contributed by atoms with Crippen LogP contribution in [-0.4, -0.2) is 43.5 Å². The second-order valence-corrected chi connectivity index (χ2v) is 10.1. The van der Waals surface area contributed by atoms with Crippen molar-refractivity contribution in [2.75, 3.05) is 20.7 Å². The molecule has 0 bridgehead atoms. The molecule has 5 nitrogen and oxygen atoms in total. The van der Waals surface area contributed by atoms with Gasteiger partial charge in [-0.2, -0.15) is 0 Å². The molecule has 200 valence electrons. The number of carbonyl (C=O) groups excluding carboxylic acids is 2. The first-order valence-electron chi connectivity index (χ1n) is 12.8. The molecular weight excluding hydrogens is 484 g/mol. The zero-order valence-electron chi connectivity index (χ0n) is 22.7. The molecule has 1 aliphatic rings. The summed E-state index contributed by atoms with van der Waals surface area (Å²) in [4.78, 5) is 28.8. The lowest BCUT2D eigenvalue weighted by Crippen LogP contribution is -2.52. The first-order chi connectivity index (χ1) is 17.7. The quantitative estimate of drug-likeness (QED) is 0.234. The minimum absolute atomic E-state index is 0.126. The van der Waals surface area contributed by atoms with Gasteiger partial charge in [-0.05, 0) is 55.9 Å². The van der Waals surface area contributed by atoms with Gasteiger partial charge < -0.3 is 15.0 Å². The fraction of sp³-hybridized carbons (Fsp3) is 0.419. The molecule has 2 rings (SSSR count). The molecule has 1 atom stereocenters. The molecule has 1 aliphatic carbocycles. The molecule has 1 aromatic carbocycles. The number of allylic oxidation sites excluding steroid dienone is 7. The highest BCUT2D eigenvalue weighted by atomic mass is 35.5. The predicted octanol–water partition coefficient (Wildman–Crippen LogP) is 6.57. The molecule has 1 saturated carbocycles. The van der Waals surface area contributed by atoms with E-state index < -0.39 is 11.5 Å². The summed E-state index contributed by atoms with van der Waals surface area (Å²) in [6.07, 6.45) is 13.7. The van der Waals surface area contributed by atoms with Gasteiger partial charge in [-0.15, -0.1) is 0 Å². The Kier molecular flexibility index (Phi) is 11.9. The third-order valence-electron chi connectivity index (χ3n) is 6.98. The van der Waals surface area contributed by atoms with Gasteiger partial charge in [0.05, 0.1) is 19.1 Å². The number of methoxy groups -OCH3 is 1. The highest BCUT2D eigenvalue weighted by Gasteiger charge is 2.42. The Morgan fingerprint density at radius 3 is 2.35 bits per heavy atom. The van der Waals surface area contributed by atoms with E-state index >= 15 is 0 Å². The Morgan fingerprint density at radius 2 is 1.84 bits per heavy atom. The van der Waals surface area contributed by atoms with Gasteiger partial charge in [0.2, 0.25) is 11.8 Å². The Bertz CT molecular complexity index is 1050. The number of amides is 2. The maximum absolute atomic E-state index is 13.6. The van der Waals surface area contributed by atoms with Gasteiger partial charge in [-0.1, -0.05) is 86.2 Å². The number of benzene rings is 1. The van der Waals surface area contributed by atoms with Crippen LogP contribution in [0.5, 0.6) is 0 Å². The number of nitrogens with zero attached hydrogens (tertiary/aromatic N) is 1. The molecule has 2 amide bonds. The summed E-state index contributed by atoms with van der Waals surface area (Å²) < 4.78 is 5.35. The van der Waals surface area contributed by atoms with Crippen LogP contribution in [0.2, 0.25) is 0 Å². The predicted molar refractivity (Wildman–Crippen MR) is 154 cm³/mol. The average Bonchev–Trinajstić information content (AvgIpc) is 3.36. The molecule has 6 heteroatoms. The van der Waals surface area contributed by atoms with Crippen LogP contribution in [0.15, 0.2) is 78.6 Å². The maximum atomic E-state index is 13.6. The van der Waals surface area contributed by atoms with Crippen molar-refractivity contribution < 1.29 is 14.3 Å². The summed E-state index contributed by atoms with van der Waals surface area (Å²) in [5, 5.41) is 3.56. The monoisotopic (exact) mass is 524 g/mol. The van der Waals surface area contributed by atoms with E-state index in [-0.39, 0.29) is 11.8 Å². The number of ether oxygens (including phenoxy) is 1. The second kappa shape index (κ2) is 14.6. The standard InChI is InChI=1S/C31H41ClN2O3/c1-7-10-13-25(8-2)26-16-14-24(15-17-26)20-28(29(35)34(5)22-27(9-3)37-6)33-30(36)31(21-23(4)32)18-11-12-19-31/h7-10,13-17,28H,1,4,11-12,18-22H2,2-3,5-6H3,(H,33,36). The van der Waals surface area contributed by atoms with Crippen LogP contribution in [0.1, 0.15) is 57.1 Å². The van der Waals surface area contributed by atoms with Crippen LogP contribution < -0.4 is 5.32 Å². The van der Waals surface area contributed by atoms with Gasteiger partial charge in [0.1, 0.15) is 11.8 Å². The van der Waals surface area contributed by atoms with Crippen molar-refractivity contribution in [2.24, 2.45) is 5.41 Å². The Balaban J connectivity index is 2.32. The van der Waals surface area contributed by atoms with E-state index in [4.69, 9.17) is 16.3 Å². The average molecular weight is 525 g/mol. The molecule has 0 saturated heterocycles. The first kappa shape index (κ1) is 30.2. The molecular formula is C31H41ClN2O3. The first-order valence-corrected chi connectivity index (χ1v) is 13.2. The topological polar surface area (TPSA) is 58.6 Å². The Labute approximate surface area is 227 Å². The van der Waals surface area contributed by atoms with Gasteiger partial charge in [0.15, 0.2) is 0 Å². The van der Waals surface area contributed by atoms with Crippen molar-refractivity contribution in [1.82, 2.24) is 10.2 Å². The van der Waals surface area contributed by atoms with Gasteiger partial charge in [-0.3, -0.25) is 9.59 Å². The third-order valence-corrected chi connectivity index (χ3v) is 7.11. The number of rotatable bonds is 13. The van der Waals surface area contributed by atoms with E-state index in [0.29, 0.717) is 30.2 Å². The van der Waals surface area contributed by atoms with Crippen LogP contribution in [0.4, 0.5) is 0 Å². The molecule has 37 heavy (non-hydrogen) atoms. The van der Waals surface area contributed by atoms with E-state index in [1.54, 1.807) is 25.1 Å². The van der Waals surface area contributed by atoms with E-state index in [1.165, 1.54) is 0 Å². The van der Waals surface area contributed by atoms with E-state index in [1.807, 2.05) is 62.4 Å². The van der Waals surface area contributed by atoms with Crippen LogP contribution in [0.25, 0.3) is 5.57 Å². The number of hydrogen-bond acceptors (Lipinski definition) is 3. The summed E-state index contributed by atoms with van der Waals surface area (Å²) in [7, 11) is 3.31. The molecule has 0 heterocycles. The molecule has 1 unspecified atom stereocenters. The third kappa shape index (κ3) is 8.50. The minimum atomic E-state index is -0.721. The number of halogens is 1. The lowest BCUT2D eigenvalue weighted by Gasteiger charge is -2.31. The molecule has 0 aromatic heterocycles. The zero-order valence-corrected chi connectivity index (χ0v) is 23.4. The van der Waals surface area contributed by atoms with Gasteiger partial charge in [0.25, 0.3) is 0 Å². The van der Waals surface area contributed by atoms with Crippen molar-refractivity contribution in [3.63, 3.8) is 0 Å². The normalized spacial score (nSPS) is 16.4. The zero-order chi connectivity index (χ0) is 27.4. The van der Waals surface area contributed by atoms with Crippen molar-refractivity contribution in [3.8, 4) is 0 Å². The van der Waals surface area contributed by atoms with Crippen molar-refractivity contribution in [2.45, 2.75) is 58.4 Å². The van der Waals surface area contributed by atoms with Crippen LogP contribution in [-0.2, 0) is 20.7 Å². The fourth-order valence-corrected chi connectivity index (χ4v) is 5.12. The van der Waals surface area contributed by atoms with E-state index in [9.17, 15) is 9.59 Å². The van der Waals surface area contributed by atoms with Crippen LogP contribution >= 0.6 is 11.6 Å². The summed E-state index contributed by atoms with van der Waals surface area (Å²) in [5.74, 6) is 0.385. The van der Waals surface area contributed by atoms with Crippen LogP contribution in [0.3, 0.4) is 0 Å². The highest BCUT2D eigenvalue weighted by Crippen LogP contribution is 2.44. The summed E-state index contributed by atoms with van der Waals surface area (Å²) >= 11 is 6.16. The molecule has 0 radical (unpaired) electrons. The van der Waals surface area contributed by atoms with Crippen molar-refractivity contribution >= 4 is 29.0 Å². The Hall–Kier alpha value is -3.05. The fourth-order valence-electron chi connectivity index (χ4n) is 4.87. The molecule has 0 spiro atoms. The molecule has 0 aliphatic heterocycles. The lowest BCUT2D eigenvalue weighted by molar-refractivity contribution is -0.138. The largest absolute Gasteiger partial charge is 0.500 e. The van der Waals surface area contributed by atoms with E-state index in [0.717, 1.165) is 42.4 Å². The Morgan fingerprint density at radius 1 is 1.19 bits per heavy atom. The molecule has 1 aromatic rings. The number of likely N-dealkylation sites (N-methyl/N-ethyl adjacent to an activating group) is 1. The summed E-state index contributed by atoms with van der Waals surface area (Å²) in [6.45, 7) is 11.7. The number of hydrogen-bond donors (Lipinski definition) is 1. The van der Waals surface area contributed by atoms with Crippen molar-refractivity contribution in [3.05, 3.63) is 89.7 Å². The minimum Gasteiger partial charge on any atom is -0.500 e. The SMILES string of the molecule is C=CC=CC(=CC)c1ccc(CC(NC(=O)C2(CC(=C)Cl)CCCC2)C(=O)N(C)CC(=CC)OC)cc1. The lowest BCUT2D eigenvalue weighted by atomic mass is 9.81. The van der Waals surface area contributed by atoms with Crippen LogP contribution in [0, 0.1) is 5.41 Å².